The lowest BCUT2D eigenvalue weighted by molar-refractivity contribution is 0.0953. The van der Waals surface area contributed by atoms with Gasteiger partial charge in [0.05, 0.1) is 0 Å². The highest BCUT2D eigenvalue weighted by Crippen LogP contribution is 2.15. The summed E-state index contributed by atoms with van der Waals surface area (Å²) in [4.78, 5) is 0. The van der Waals surface area contributed by atoms with Gasteiger partial charge in [-0.05, 0) is 37.7 Å². The highest BCUT2D eigenvalue weighted by atomic mass is 79.9. The van der Waals surface area contributed by atoms with Gasteiger partial charge in [0.2, 0.25) is 0 Å². The lowest BCUT2D eigenvalue weighted by atomic mass is 9.98. The van der Waals surface area contributed by atoms with Gasteiger partial charge in [0, 0.05) is 32.3 Å². The number of ether oxygens (including phenoxy) is 2. The highest BCUT2D eigenvalue weighted by Gasteiger charge is 2.08. The van der Waals surface area contributed by atoms with Crippen LogP contribution in [-0.2, 0) is 15.9 Å². The third kappa shape index (κ3) is 7.71. The van der Waals surface area contributed by atoms with Crippen molar-refractivity contribution in [3.05, 3.63) is 35.4 Å². The minimum absolute atomic E-state index is 0.644. The van der Waals surface area contributed by atoms with Gasteiger partial charge in [0.15, 0.2) is 0 Å². The van der Waals surface area contributed by atoms with Gasteiger partial charge < -0.3 is 9.47 Å². The van der Waals surface area contributed by atoms with E-state index in [2.05, 4.69) is 47.1 Å². The van der Waals surface area contributed by atoms with E-state index in [0.717, 1.165) is 44.4 Å². The van der Waals surface area contributed by atoms with E-state index in [1.54, 1.807) is 7.11 Å². The van der Waals surface area contributed by atoms with E-state index in [1.165, 1.54) is 11.1 Å². The first kappa shape index (κ1) is 16.7. The molecule has 0 saturated carbocycles. The summed E-state index contributed by atoms with van der Waals surface area (Å²) < 4.78 is 10.6. The van der Waals surface area contributed by atoms with Crippen LogP contribution in [0.25, 0.3) is 0 Å². The molecule has 0 fully saturated rings. The van der Waals surface area contributed by atoms with Crippen molar-refractivity contribution in [1.82, 2.24) is 0 Å². The molecule has 3 heteroatoms. The van der Waals surface area contributed by atoms with Gasteiger partial charge >= 0.3 is 0 Å². The normalized spacial score (nSPS) is 12.6. The van der Waals surface area contributed by atoms with E-state index in [-0.39, 0.29) is 0 Å². The fourth-order valence-electron chi connectivity index (χ4n) is 1.95. The van der Waals surface area contributed by atoms with E-state index in [1.807, 2.05) is 0 Å². The summed E-state index contributed by atoms with van der Waals surface area (Å²) in [6, 6.07) is 8.82. The van der Waals surface area contributed by atoms with Crippen LogP contribution in [0.15, 0.2) is 24.3 Å². The fraction of sp³-hybridized carbons (Fsp3) is 0.625. The number of benzene rings is 1. The maximum absolute atomic E-state index is 5.62. The molecule has 0 amide bonds. The number of alkyl halides is 1. The number of rotatable bonds is 10. The van der Waals surface area contributed by atoms with Gasteiger partial charge in [-0.2, -0.15) is 0 Å². The molecule has 0 aliphatic carbocycles. The van der Waals surface area contributed by atoms with Gasteiger partial charge in [0.1, 0.15) is 0 Å². The smallest absolute Gasteiger partial charge is 0.0487 e. The van der Waals surface area contributed by atoms with Crippen molar-refractivity contribution in [3.8, 4) is 0 Å². The van der Waals surface area contributed by atoms with Crippen molar-refractivity contribution in [3.63, 3.8) is 0 Å². The minimum atomic E-state index is 0.644. The van der Waals surface area contributed by atoms with E-state index in [0.29, 0.717) is 5.92 Å². The molecule has 0 heterocycles. The molecule has 0 saturated heterocycles. The summed E-state index contributed by atoms with van der Waals surface area (Å²) in [7, 11) is 1.72. The molecule has 1 rings (SSSR count). The first-order chi connectivity index (χ1) is 9.26. The van der Waals surface area contributed by atoms with Crippen LogP contribution in [0.4, 0.5) is 0 Å². The van der Waals surface area contributed by atoms with Crippen LogP contribution in [0.2, 0.25) is 0 Å². The summed E-state index contributed by atoms with van der Waals surface area (Å²) in [5.41, 5.74) is 2.73. The zero-order valence-electron chi connectivity index (χ0n) is 12.0. The molecule has 0 radical (unpaired) electrons. The molecule has 0 aliphatic rings. The molecule has 1 atom stereocenters. The molecule has 1 aromatic rings. The van der Waals surface area contributed by atoms with E-state index in [4.69, 9.17) is 9.47 Å². The average molecular weight is 329 g/mol. The van der Waals surface area contributed by atoms with Crippen LogP contribution >= 0.6 is 15.9 Å². The molecule has 0 bridgehead atoms. The number of hydrogen-bond acceptors (Lipinski definition) is 2. The van der Waals surface area contributed by atoms with Crippen molar-refractivity contribution >= 4 is 15.9 Å². The van der Waals surface area contributed by atoms with Gasteiger partial charge in [-0.1, -0.05) is 45.8 Å². The zero-order chi connectivity index (χ0) is 13.9. The topological polar surface area (TPSA) is 18.5 Å². The Morgan fingerprint density at radius 3 is 2.47 bits per heavy atom. The lowest BCUT2D eigenvalue weighted by Crippen LogP contribution is -2.11. The van der Waals surface area contributed by atoms with Crippen LogP contribution in [0.3, 0.4) is 0 Å². The van der Waals surface area contributed by atoms with Crippen molar-refractivity contribution in [2.75, 3.05) is 32.3 Å². The van der Waals surface area contributed by atoms with Crippen LogP contribution in [0.5, 0.6) is 0 Å². The second-order valence-corrected chi connectivity index (χ2v) is 5.60. The van der Waals surface area contributed by atoms with Crippen LogP contribution in [0, 0.1) is 12.8 Å². The zero-order valence-corrected chi connectivity index (χ0v) is 13.6. The summed E-state index contributed by atoms with van der Waals surface area (Å²) in [6.45, 7) is 4.55. The Morgan fingerprint density at radius 2 is 1.84 bits per heavy atom. The monoisotopic (exact) mass is 328 g/mol. The average Bonchev–Trinajstić information content (AvgIpc) is 2.43. The lowest BCUT2D eigenvalue weighted by Gasteiger charge is -2.14. The maximum atomic E-state index is 5.62. The maximum Gasteiger partial charge on any atom is 0.0487 e. The Bertz CT molecular complexity index is 324. The number of hydrogen-bond donors (Lipinski definition) is 0. The van der Waals surface area contributed by atoms with E-state index in [9.17, 15) is 0 Å². The van der Waals surface area contributed by atoms with Gasteiger partial charge in [-0.15, -0.1) is 0 Å². The first-order valence-electron chi connectivity index (χ1n) is 6.94. The number of halogens is 1. The first-order valence-corrected chi connectivity index (χ1v) is 8.06. The quantitative estimate of drug-likeness (QED) is 0.477. The van der Waals surface area contributed by atoms with Crippen molar-refractivity contribution in [1.29, 1.82) is 0 Å². The highest BCUT2D eigenvalue weighted by molar-refractivity contribution is 9.09. The number of methoxy groups -OCH3 is 1. The molecule has 19 heavy (non-hydrogen) atoms. The summed E-state index contributed by atoms with van der Waals surface area (Å²) in [6.07, 6.45) is 3.20. The Morgan fingerprint density at radius 1 is 1.11 bits per heavy atom. The predicted octanol–water partition coefficient (Wildman–Crippen LogP) is 3.99. The van der Waals surface area contributed by atoms with Crippen molar-refractivity contribution in [2.45, 2.75) is 26.2 Å². The third-order valence-corrected chi connectivity index (χ3v) is 4.09. The third-order valence-electron chi connectivity index (χ3n) is 3.17. The Balaban J connectivity index is 2.20. The molecule has 1 unspecified atom stereocenters. The fourth-order valence-corrected chi connectivity index (χ4v) is 2.50. The van der Waals surface area contributed by atoms with E-state index < -0.39 is 0 Å². The Labute approximate surface area is 125 Å². The van der Waals surface area contributed by atoms with Crippen molar-refractivity contribution in [2.24, 2.45) is 5.92 Å². The SMILES string of the molecule is COCCCOCCC(CBr)Cc1ccc(C)cc1. The van der Waals surface area contributed by atoms with Gasteiger partial charge in [-0.3, -0.25) is 0 Å². The van der Waals surface area contributed by atoms with Gasteiger partial charge in [-0.25, -0.2) is 0 Å². The minimum Gasteiger partial charge on any atom is -0.385 e. The molecule has 2 nitrogen and oxygen atoms in total. The summed E-state index contributed by atoms with van der Waals surface area (Å²) >= 11 is 3.61. The molecule has 0 N–H and O–H groups in total. The molecular formula is C16H25BrO2. The molecule has 0 spiro atoms. The number of aryl methyl sites for hydroxylation is 1. The summed E-state index contributed by atoms with van der Waals surface area (Å²) in [5, 5.41) is 1.03. The molecular weight excluding hydrogens is 304 g/mol. The second-order valence-electron chi connectivity index (χ2n) is 4.96. The second kappa shape index (κ2) is 10.4. The molecule has 0 aromatic heterocycles. The standard InChI is InChI=1S/C16H25BrO2/c1-14-4-6-15(7-5-14)12-16(13-17)8-11-19-10-3-9-18-2/h4-7,16H,3,8-13H2,1-2H3. The summed E-state index contributed by atoms with van der Waals surface area (Å²) in [5.74, 6) is 0.644. The van der Waals surface area contributed by atoms with Crippen LogP contribution in [0.1, 0.15) is 24.0 Å². The molecule has 0 aliphatic heterocycles. The van der Waals surface area contributed by atoms with E-state index >= 15 is 0 Å². The van der Waals surface area contributed by atoms with Crippen LogP contribution in [-0.4, -0.2) is 32.3 Å². The Hall–Kier alpha value is -0.380. The Kier molecular flexibility index (Phi) is 9.14. The van der Waals surface area contributed by atoms with Crippen LogP contribution < -0.4 is 0 Å². The molecule has 1 aromatic carbocycles. The predicted molar refractivity (Wildman–Crippen MR) is 84.1 cm³/mol. The van der Waals surface area contributed by atoms with Crippen molar-refractivity contribution < 1.29 is 9.47 Å². The van der Waals surface area contributed by atoms with Gasteiger partial charge in [0.25, 0.3) is 0 Å². The molecule has 108 valence electrons. The largest absolute Gasteiger partial charge is 0.385 e.